The molecule has 0 fully saturated rings. The van der Waals surface area contributed by atoms with Gasteiger partial charge in [0.25, 0.3) is 5.91 Å². The van der Waals surface area contributed by atoms with E-state index in [1.165, 1.54) is 4.90 Å². The third-order valence-electron chi connectivity index (χ3n) is 3.84. The number of anilines is 1. The van der Waals surface area contributed by atoms with Crippen molar-refractivity contribution in [1.82, 2.24) is 4.90 Å². The number of rotatable bonds is 5. The first-order chi connectivity index (χ1) is 12.3. The molecule has 2 aromatic carbocycles. The minimum absolute atomic E-state index is 0.248. The van der Waals surface area contributed by atoms with Crippen molar-refractivity contribution in [2.24, 2.45) is 0 Å². The highest BCUT2D eigenvalue weighted by atomic mass is 32.2. The lowest BCUT2D eigenvalue weighted by atomic mass is 10.1. The molecule has 26 heavy (non-hydrogen) atoms. The summed E-state index contributed by atoms with van der Waals surface area (Å²) in [6, 6.07) is 13.8. The van der Waals surface area contributed by atoms with Crippen LogP contribution in [-0.4, -0.2) is 51.8 Å². The summed E-state index contributed by atoms with van der Waals surface area (Å²) in [6.45, 7) is 0.637. The van der Waals surface area contributed by atoms with E-state index in [1.54, 1.807) is 31.3 Å². The molecular weight excluding hydrogens is 356 g/mol. The van der Waals surface area contributed by atoms with Gasteiger partial charge in [-0.15, -0.1) is 0 Å². The van der Waals surface area contributed by atoms with Crippen LogP contribution < -0.4 is 14.2 Å². The van der Waals surface area contributed by atoms with Crippen LogP contribution in [0.1, 0.15) is 10.4 Å². The van der Waals surface area contributed by atoms with Gasteiger partial charge in [0.05, 0.1) is 24.1 Å². The summed E-state index contributed by atoms with van der Waals surface area (Å²) < 4.78 is 36.9. The van der Waals surface area contributed by atoms with Crippen molar-refractivity contribution in [3.8, 4) is 11.5 Å². The standard InChI is InChI=1S/C18H20N2O5S/c1-20(11-13-12-24-16-9-5-6-10-17(16)25-13)18(21)14-7-3-4-8-15(14)19-26(2,22)23/h3-10,13,19H,11-12H2,1-2H3. The Morgan fingerprint density at radius 2 is 1.81 bits per heavy atom. The molecule has 2 aromatic rings. The Kier molecular flexibility index (Phi) is 5.03. The number of nitrogens with zero attached hydrogens (tertiary/aromatic N) is 1. The van der Waals surface area contributed by atoms with Crippen molar-refractivity contribution in [2.45, 2.75) is 6.10 Å². The molecule has 1 aliphatic heterocycles. The highest BCUT2D eigenvalue weighted by molar-refractivity contribution is 7.92. The van der Waals surface area contributed by atoms with Gasteiger partial charge in [0.1, 0.15) is 6.61 Å². The van der Waals surface area contributed by atoms with Gasteiger partial charge in [-0.25, -0.2) is 8.42 Å². The molecule has 0 radical (unpaired) electrons. The smallest absolute Gasteiger partial charge is 0.255 e. The van der Waals surface area contributed by atoms with E-state index in [-0.39, 0.29) is 23.3 Å². The van der Waals surface area contributed by atoms with E-state index in [1.807, 2.05) is 24.3 Å². The number of sulfonamides is 1. The summed E-state index contributed by atoms with van der Waals surface area (Å²) in [6.07, 6.45) is 0.733. The number of ether oxygens (including phenoxy) is 2. The van der Waals surface area contributed by atoms with Crippen molar-refractivity contribution < 1.29 is 22.7 Å². The number of likely N-dealkylation sites (N-methyl/N-ethyl adjacent to an activating group) is 1. The van der Waals surface area contributed by atoms with Crippen LogP contribution in [0, 0.1) is 0 Å². The van der Waals surface area contributed by atoms with Crippen molar-refractivity contribution in [3.05, 3.63) is 54.1 Å². The van der Waals surface area contributed by atoms with Gasteiger partial charge in [0.15, 0.2) is 17.6 Å². The minimum atomic E-state index is -3.48. The van der Waals surface area contributed by atoms with Gasteiger partial charge in [0.2, 0.25) is 10.0 Å². The van der Waals surface area contributed by atoms with Gasteiger partial charge in [0, 0.05) is 7.05 Å². The summed E-state index contributed by atoms with van der Waals surface area (Å²) >= 11 is 0. The Morgan fingerprint density at radius 3 is 2.54 bits per heavy atom. The monoisotopic (exact) mass is 376 g/mol. The average Bonchev–Trinajstić information content (AvgIpc) is 2.60. The van der Waals surface area contributed by atoms with Crippen LogP contribution in [0.4, 0.5) is 5.69 Å². The van der Waals surface area contributed by atoms with E-state index in [4.69, 9.17) is 9.47 Å². The van der Waals surface area contributed by atoms with Crippen LogP contribution >= 0.6 is 0 Å². The lowest BCUT2D eigenvalue weighted by Crippen LogP contribution is -2.42. The van der Waals surface area contributed by atoms with E-state index in [0.717, 1.165) is 6.26 Å². The van der Waals surface area contributed by atoms with Crippen molar-refractivity contribution in [2.75, 3.05) is 31.2 Å². The maximum Gasteiger partial charge on any atom is 0.255 e. The molecule has 7 nitrogen and oxygen atoms in total. The summed E-state index contributed by atoms with van der Waals surface area (Å²) in [5, 5.41) is 0. The zero-order valence-electron chi connectivity index (χ0n) is 14.5. The Morgan fingerprint density at radius 1 is 1.15 bits per heavy atom. The van der Waals surface area contributed by atoms with Crippen LogP contribution in [0.15, 0.2) is 48.5 Å². The molecule has 1 aliphatic rings. The predicted molar refractivity (Wildman–Crippen MR) is 98.2 cm³/mol. The van der Waals surface area contributed by atoms with Gasteiger partial charge in [-0.2, -0.15) is 0 Å². The van der Waals surface area contributed by atoms with E-state index < -0.39 is 10.0 Å². The first kappa shape index (κ1) is 18.1. The van der Waals surface area contributed by atoms with Crippen LogP contribution in [0.25, 0.3) is 0 Å². The molecule has 0 bridgehead atoms. The van der Waals surface area contributed by atoms with Gasteiger partial charge < -0.3 is 14.4 Å². The average molecular weight is 376 g/mol. The Labute approximate surface area is 152 Å². The maximum atomic E-state index is 12.8. The molecule has 0 aliphatic carbocycles. The first-order valence-electron chi connectivity index (χ1n) is 8.04. The van der Waals surface area contributed by atoms with Crippen LogP contribution in [0.5, 0.6) is 11.5 Å². The molecule has 1 atom stereocenters. The van der Waals surface area contributed by atoms with E-state index in [0.29, 0.717) is 24.7 Å². The lowest BCUT2D eigenvalue weighted by Gasteiger charge is -2.29. The Hall–Kier alpha value is -2.74. The van der Waals surface area contributed by atoms with Gasteiger partial charge >= 0.3 is 0 Å². The Bertz CT molecular complexity index is 913. The second-order valence-corrected chi connectivity index (χ2v) is 7.85. The summed E-state index contributed by atoms with van der Waals surface area (Å²) in [5.74, 6) is 1.02. The maximum absolute atomic E-state index is 12.8. The molecule has 0 aromatic heterocycles. The van der Waals surface area contributed by atoms with E-state index in [2.05, 4.69) is 4.72 Å². The normalized spacial score (nSPS) is 16.0. The number of hydrogen-bond donors (Lipinski definition) is 1. The number of carbonyl (C=O) groups excluding carboxylic acids is 1. The van der Waals surface area contributed by atoms with Crippen molar-refractivity contribution >= 4 is 21.6 Å². The lowest BCUT2D eigenvalue weighted by molar-refractivity contribution is 0.0521. The number of benzene rings is 2. The van der Waals surface area contributed by atoms with Gasteiger partial charge in [-0.05, 0) is 24.3 Å². The topological polar surface area (TPSA) is 84.9 Å². The molecule has 8 heteroatoms. The second kappa shape index (κ2) is 7.25. The SMILES string of the molecule is CN(CC1COc2ccccc2O1)C(=O)c1ccccc1NS(C)(=O)=O. The quantitative estimate of drug-likeness (QED) is 0.862. The van der Waals surface area contributed by atoms with Crippen molar-refractivity contribution in [3.63, 3.8) is 0 Å². The molecule has 0 saturated carbocycles. The Balaban J connectivity index is 1.71. The molecule has 0 saturated heterocycles. The highest BCUT2D eigenvalue weighted by Gasteiger charge is 2.25. The van der Waals surface area contributed by atoms with Crippen LogP contribution in [0.3, 0.4) is 0 Å². The largest absolute Gasteiger partial charge is 0.486 e. The fourth-order valence-corrected chi connectivity index (χ4v) is 3.28. The summed E-state index contributed by atoms with van der Waals surface area (Å²) in [5.41, 5.74) is 0.524. The zero-order chi connectivity index (χ0) is 18.7. The third kappa shape index (κ3) is 4.26. The fraction of sp³-hybridized carbons (Fsp3) is 0.278. The number of carbonyl (C=O) groups is 1. The zero-order valence-corrected chi connectivity index (χ0v) is 15.3. The first-order valence-corrected chi connectivity index (χ1v) is 9.93. The number of hydrogen-bond acceptors (Lipinski definition) is 5. The number of amides is 1. The van der Waals surface area contributed by atoms with Crippen molar-refractivity contribution in [1.29, 1.82) is 0 Å². The molecule has 3 rings (SSSR count). The number of para-hydroxylation sites is 3. The number of nitrogens with one attached hydrogen (secondary N) is 1. The molecule has 1 N–H and O–H groups in total. The molecular formula is C18H20N2O5S. The van der Waals surface area contributed by atoms with Crippen LogP contribution in [-0.2, 0) is 10.0 Å². The van der Waals surface area contributed by atoms with Gasteiger partial charge in [-0.3, -0.25) is 9.52 Å². The molecule has 1 unspecified atom stereocenters. The molecule has 1 amide bonds. The second-order valence-electron chi connectivity index (χ2n) is 6.10. The summed E-state index contributed by atoms with van der Waals surface area (Å²) in [4.78, 5) is 14.3. The molecule has 0 spiro atoms. The number of fused-ring (bicyclic) bond motifs is 1. The van der Waals surface area contributed by atoms with Gasteiger partial charge in [-0.1, -0.05) is 24.3 Å². The van der Waals surface area contributed by atoms with E-state index in [9.17, 15) is 13.2 Å². The van der Waals surface area contributed by atoms with E-state index >= 15 is 0 Å². The fourth-order valence-electron chi connectivity index (χ4n) is 2.71. The molecule has 1 heterocycles. The molecule has 138 valence electrons. The third-order valence-corrected chi connectivity index (χ3v) is 4.44. The minimum Gasteiger partial charge on any atom is -0.486 e. The highest BCUT2D eigenvalue weighted by Crippen LogP contribution is 2.31. The van der Waals surface area contributed by atoms with Crippen LogP contribution in [0.2, 0.25) is 0 Å². The predicted octanol–water partition coefficient (Wildman–Crippen LogP) is 1.97. The summed E-state index contributed by atoms with van der Waals surface area (Å²) in [7, 11) is -1.84.